The summed E-state index contributed by atoms with van der Waals surface area (Å²) in [4.78, 5) is 2.54. The molecule has 0 aliphatic heterocycles. The molecule has 3 N–H and O–H groups in total. The lowest BCUT2D eigenvalue weighted by molar-refractivity contribution is -0.368. The highest BCUT2D eigenvalue weighted by atomic mass is 15.1. The van der Waals surface area contributed by atoms with E-state index in [1.54, 1.807) is 0 Å². The van der Waals surface area contributed by atoms with Crippen LogP contribution < -0.4 is 5.73 Å². The van der Waals surface area contributed by atoms with Gasteiger partial charge in [-0.2, -0.15) is 0 Å². The normalized spacial score (nSPS) is 11.0. The molecule has 0 aliphatic carbocycles. The summed E-state index contributed by atoms with van der Waals surface area (Å²) in [6, 6.07) is 0. The molecule has 0 saturated carbocycles. The van der Waals surface area contributed by atoms with Crippen LogP contribution in [0.5, 0.6) is 0 Å². The fourth-order valence-corrected chi connectivity index (χ4v) is 1.32. The van der Waals surface area contributed by atoms with E-state index in [1.165, 1.54) is 45.3 Å². The van der Waals surface area contributed by atoms with E-state index in [0.717, 1.165) is 6.54 Å². The van der Waals surface area contributed by atoms with E-state index in [-0.39, 0.29) is 0 Å². The molecule has 0 fully saturated rings. The lowest BCUT2D eigenvalue weighted by Crippen LogP contribution is -2.55. The van der Waals surface area contributed by atoms with Gasteiger partial charge in [0, 0.05) is 6.54 Å². The van der Waals surface area contributed by atoms with Crippen molar-refractivity contribution in [3.8, 4) is 0 Å². The van der Waals surface area contributed by atoms with E-state index in [1.807, 2.05) is 0 Å². The number of unbranched alkanes of at least 4 members (excludes halogenated alkanes) is 2. The van der Waals surface area contributed by atoms with Crippen molar-refractivity contribution in [2.45, 2.75) is 39.5 Å². The molecule has 0 aromatic rings. The third-order valence-corrected chi connectivity index (χ3v) is 2.13. The van der Waals surface area contributed by atoms with Crippen molar-refractivity contribution in [1.29, 1.82) is 0 Å². The second-order valence-electron chi connectivity index (χ2n) is 3.40. The molecule has 0 unspecified atom stereocenters. The topological polar surface area (TPSA) is 30.9 Å². The molecular formula is C10H25N2+. The van der Waals surface area contributed by atoms with Gasteiger partial charge in [-0.1, -0.05) is 26.7 Å². The monoisotopic (exact) mass is 173 g/mol. The van der Waals surface area contributed by atoms with Crippen LogP contribution in [0.1, 0.15) is 39.5 Å². The molecule has 0 aromatic heterocycles. The van der Waals surface area contributed by atoms with E-state index >= 15 is 0 Å². The Morgan fingerprint density at radius 3 is 1.75 bits per heavy atom. The van der Waals surface area contributed by atoms with Crippen LogP contribution >= 0.6 is 0 Å². The molecule has 0 rings (SSSR count). The Kier molecular flexibility index (Phi) is 8.95. The predicted molar refractivity (Wildman–Crippen MR) is 54.0 cm³/mol. The molecule has 0 radical (unpaired) electrons. The van der Waals surface area contributed by atoms with Gasteiger partial charge < -0.3 is 5.73 Å². The number of hydrogen-bond acceptors (Lipinski definition) is 1. The van der Waals surface area contributed by atoms with Crippen LogP contribution in [0.4, 0.5) is 0 Å². The molecule has 0 aromatic carbocycles. The zero-order valence-electron chi connectivity index (χ0n) is 8.81. The van der Waals surface area contributed by atoms with Gasteiger partial charge in [-0.15, -0.1) is 0 Å². The van der Waals surface area contributed by atoms with E-state index in [2.05, 4.69) is 24.5 Å². The van der Waals surface area contributed by atoms with Gasteiger partial charge in [0.05, 0.1) is 6.54 Å². The van der Waals surface area contributed by atoms with Crippen molar-refractivity contribution in [2.24, 2.45) is 0 Å². The van der Waals surface area contributed by atoms with Gasteiger partial charge in [-0.25, -0.2) is 0 Å². The Labute approximate surface area is 77.1 Å². The van der Waals surface area contributed by atoms with Crippen molar-refractivity contribution in [2.75, 3.05) is 26.2 Å². The predicted octanol–water partition coefficient (Wildman–Crippen LogP) is 1.13. The van der Waals surface area contributed by atoms with Crippen molar-refractivity contribution in [3.63, 3.8) is 0 Å². The fourth-order valence-electron chi connectivity index (χ4n) is 1.32. The number of rotatable bonds is 8. The Morgan fingerprint density at radius 1 is 0.917 bits per heavy atom. The Morgan fingerprint density at radius 2 is 1.42 bits per heavy atom. The second-order valence-corrected chi connectivity index (χ2v) is 3.40. The van der Waals surface area contributed by atoms with Crippen molar-refractivity contribution >= 4 is 0 Å². The first-order valence-corrected chi connectivity index (χ1v) is 5.36. The average molecular weight is 173 g/mol. The van der Waals surface area contributed by atoms with Gasteiger partial charge >= 0.3 is 0 Å². The number of nitrogens with zero attached hydrogens (tertiary/aromatic N) is 1. The number of quaternary nitrogens is 1. The summed E-state index contributed by atoms with van der Waals surface area (Å²) < 4.78 is 0. The first-order chi connectivity index (χ1) is 5.85. The van der Waals surface area contributed by atoms with Gasteiger partial charge in [0.1, 0.15) is 0 Å². The second kappa shape index (κ2) is 9.01. The minimum Gasteiger partial charge on any atom is -0.357 e. The molecule has 2 nitrogen and oxygen atoms in total. The Balaban J connectivity index is 3.40. The molecule has 0 bridgehead atoms. The first-order valence-electron chi connectivity index (χ1n) is 5.36. The summed E-state index contributed by atoms with van der Waals surface area (Å²) in [7, 11) is 0. The summed E-state index contributed by atoms with van der Waals surface area (Å²) in [5.41, 5.74) is 3.90. The summed E-state index contributed by atoms with van der Waals surface area (Å²) in [6.07, 6.45) is 5.28. The summed E-state index contributed by atoms with van der Waals surface area (Å²) in [5.74, 6) is 0. The third kappa shape index (κ3) is 6.62. The largest absolute Gasteiger partial charge is 0.357 e. The molecule has 2 heteroatoms. The minimum absolute atomic E-state index is 1.05. The smallest absolute Gasteiger partial charge is 0.0869 e. The van der Waals surface area contributed by atoms with E-state index in [9.17, 15) is 0 Å². The fraction of sp³-hybridized carbons (Fsp3) is 1.00. The SMILES string of the molecule is CCCCN(CC[NH3+])CCCC. The molecular weight excluding hydrogens is 148 g/mol. The number of hydrogen-bond donors (Lipinski definition) is 1. The van der Waals surface area contributed by atoms with Crippen LogP contribution in [0.25, 0.3) is 0 Å². The van der Waals surface area contributed by atoms with Crippen molar-refractivity contribution < 1.29 is 5.73 Å². The molecule has 0 aliphatic rings. The molecule has 0 amide bonds. The van der Waals surface area contributed by atoms with E-state index in [0.29, 0.717) is 0 Å². The average Bonchev–Trinajstić information content (AvgIpc) is 2.10. The van der Waals surface area contributed by atoms with Crippen LogP contribution in [0.2, 0.25) is 0 Å². The van der Waals surface area contributed by atoms with Crippen LogP contribution in [-0.2, 0) is 0 Å². The molecule has 0 atom stereocenters. The van der Waals surface area contributed by atoms with Crippen LogP contribution in [0.3, 0.4) is 0 Å². The summed E-state index contributed by atoms with van der Waals surface area (Å²) >= 11 is 0. The lowest BCUT2D eigenvalue weighted by atomic mass is 10.2. The van der Waals surface area contributed by atoms with Crippen LogP contribution in [-0.4, -0.2) is 31.1 Å². The van der Waals surface area contributed by atoms with Crippen molar-refractivity contribution in [1.82, 2.24) is 4.90 Å². The van der Waals surface area contributed by atoms with Gasteiger partial charge in [0.25, 0.3) is 0 Å². The third-order valence-electron chi connectivity index (χ3n) is 2.13. The van der Waals surface area contributed by atoms with Gasteiger partial charge in [0.15, 0.2) is 0 Å². The molecule has 0 saturated heterocycles. The quantitative estimate of drug-likeness (QED) is 0.586. The standard InChI is InChI=1S/C10H24N2/c1-3-5-8-12(10-7-11)9-6-4-2/h3-11H2,1-2H3/p+1. The van der Waals surface area contributed by atoms with Crippen LogP contribution in [0, 0.1) is 0 Å². The molecule has 12 heavy (non-hydrogen) atoms. The molecule has 74 valence electrons. The highest BCUT2D eigenvalue weighted by Gasteiger charge is 2.01. The lowest BCUT2D eigenvalue weighted by Gasteiger charge is -2.19. The molecule has 0 spiro atoms. The zero-order valence-corrected chi connectivity index (χ0v) is 8.81. The van der Waals surface area contributed by atoms with Crippen LogP contribution in [0.15, 0.2) is 0 Å². The highest BCUT2D eigenvalue weighted by molar-refractivity contribution is 4.55. The Bertz CT molecular complexity index is 75.9. The highest BCUT2D eigenvalue weighted by Crippen LogP contribution is 1.97. The maximum atomic E-state index is 3.90. The maximum Gasteiger partial charge on any atom is 0.0869 e. The van der Waals surface area contributed by atoms with Gasteiger partial charge in [0.2, 0.25) is 0 Å². The molecule has 0 heterocycles. The Hall–Kier alpha value is -0.0800. The van der Waals surface area contributed by atoms with Gasteiger partial charge in [-0.3, -0.25) is 4.90 Å². The zero-order chi connectivity index (χ0) is 9.23. The summed E-state index contributed by atoms with van der Waals surface area (Å²) in [6.45, 7) is 9.27. The maximum absolute atomic E-state index is 3.90. The first kappa shape index (κ1) is 11.9. The minimum atomic E-state index is 1.05. The van der Waals surface area contributed by atoms with E-state index < -0.39 is 0 Å². The van der Waals surface area contributed by atoms with Gasteiger partial charge in [-0.05, 0) is 25.9 Å². The summed E-state index contributed by atoms with van der Waals surface area (Å²) in [5, 5.41) is 0. The van der Waals surface area contributed by atoms with Crippen molar-refractivity contribution in [3.05, 3.63) is 0 Å². The van der Waals surface area contributed by atoms with E-state index in [4.69, 9.17) is 0 Å².